The summed E-state index contributed by atoms with van der Waals surface area (Å²) in [6.07, 6.45) is 0.302. The van der Waals surface area contributed by atoms with Crippen LogP contribution < -0.4 is 10.1 Å². The number of carbonyl (C=O) groups excluding carboxylic acids is 2. The molecular formula is C20H23NO5. The SMILES string of the molecule is COC(=O)C(Cc1ccc(O)cc1)NC(=O)c1ccc(OC(C)C)cc1. The second-order valence-electron chi connectivity index (χ2n) is 6.11. The Hall–Kier alpha value is -3.02. The maximum atomic E-state index is 12.5. The van der Waals surface area contributed by atoms with Crippen molar-refractivity contribution in [1.82, 2.24) is 5.32 Å². The Balaban J connectivity index is 2.08. The number of carbonyl (C=O) groups is 2. The topological polar surface area (TPSA) is 84.9 Å². The first-order valence-electron chi connectivity index (χ1n) is 8.32. The number of amides is 1. The van der Waals surface area contributed by atoms with Crippen LogP contribution >= 0.6 is 0 Å². The Kier molecular flexibility index (Phi) is 6.60. The molecule has 0 aromatic heterocycles. The number of methoxy groups -OCH3 is 1. The molecule has 0 radical (unpaired) electrons. The van der Waals surface area contributed by atoms with E-state index in [1.54, 1.807) is 36.4 Å². The lowest BCUT2D eigenvalue weighted by Crippen LogP contribution is -2.43. The summed E-state index contributed by atoms with van der Waals surface area (Å²) >= 11 is 0. The number of hydrogen-bond acceptors (Lipinski definition) is 5. The average molecular weight is 357 g/mol. The molecule has 2 rings (SSSR count). The Morgan fingerprint density at radius 1 is 1.04 bits per heavy atom. The number of phenols is 1. The highest BCUT2D eigenvalue weighted by atomic mass is 16.5. The molecule has 0 spiro atoms. The number of rotatable bonds is 7. The summed E-state index contributed by atoms with van der Waals surface area (Å²) in [6.45, 7) is 3.84. The monoisotopic (exact) mass is 357 g/mol. The minimum absolute atomic E-state index is 0.0451. The third-order valence-electron chi connectivity index (χ3n) is 3.66. The third-order valence-corrected chi connectivity index (χ3v) is 3.66. The first kappa shape index (κ1) is 19.3. The number of nitrogens with one attached hydrogen (secondary N) is 1. The zero-order chi connectivity index (χ0) is 19.1. The summed E-state index contributed by atoms with van der Waals surface area (Å²) in [4.78, 5) is 24.5. The van der Waals surface area contributed by atoms with Gasteiger partial charge in [-0.1, -0.05) is 12.1 Å². The van der Waals surface area contributed by atoms with Crippen LogP contribution in [0.5, 0.6) is 11.5 Å². The highest BCUT2D eigenvalue weighted by Crippen LogP contribution is 2.15. The zero-order valence-electron chi connectivity index (χ0n) is 15.1. The van der Waals surface area contributed by atoms with Crippen LogP contribution in [-0.2, 0) is 16.0 Å². The Morgan fingerprint density at radius 3 is 2.19 bits per heavy atom. The predicted molar refractivity (Wildman–Crippen MR) is 97.3 cm³/mol. The van der Waals surface area contributed by atoms with Gasteiger partial charge in [-0.2, -0.15) is 0 Å². The summed E-state index contributed by atoms with van der Waals surface area (Å²) in [7, 11) is 1.27. The van der Waals surface area contributed by atoms with Gasteiger partial charge in [0.05, 0.1) is 13.2 Å². The largest absolute Gasteiger partial charge is 0.508 e. The van der Waals surface area contributed by atoms with Gasteiger partial charge in [-0.25, -0.2) is 4.79 Å². The van der Waals surface area contributed by atoms with Crippen molar-refractivity contribution >= 4 is 11.9 Å². The molecule has 0 bridgehead atoms. The van der Waals surface area contributed by atoms with Gasteiger partial charge < -0.3 is 19.9 Å². The van der Waals surface area contributed by atoms with Gasteiger partial charge in [0.2, 0.25) is 0 Å². The van der Waals surface area contributed by atoms with Crippen molar-refractivity contribution < 1.29 is 24.2 Å². The van der Waals surface area contributed by atoms with Gasteiger partial charge in [-0.05, 0) is 55.8 Å². The molecule has 6 nitrogen and oxygen atoms in total. The molecule has 0 aliphatic heterocycles. The fraction of sp³-hybridized carbons (Fsp3) is 0.300. The van der Waals surface area contributed by atoms with Gasteiger partial charge in [-0.15, -0.1) is 0 Å². The van der Waals surface area contributed by atoms with Crippen LogP contribution in [0.1, 0.15) is 29.8 Å². The molecule has 0 saturated carbocycles. The van der Waals surface area contributed by atoms with Gasteiger partial charge in [-0.3, -0.25) is 4.79 Å². The number of benzene rings is 2. The maximum absolute atomic E-state index is 12.5. The lowest BCUT2D eigenvalue weighted by atomic mass is 10.1. The van der Waals surface area contributed by atoms with Crippen molar-refractivity contribution in [1.29, 1.82) is 0 Å². The summed E-state index contributed by atoms with van der Waals surface area (Å²) in [5, 5.41) is 12.0. The fourth-order valence-electron chi connectivity index (χ4n) is 2.40. The predicted octanol–water partition coefficient (Wildman–Crippen LogP) is 2.69. The first-order valence-corrected chi connectivity index (χ1v) is 8.32. The van der Waals surface area contributed by atoms with Crippen LogP contribution in [0.3, 0.4) is 0 Å². The molecule has 0 fully saturated rings. The van der Waals surface area contributed by atoms with Gasteiger partial charge in [0.1, 0.15) is 17.5 Å². The minimum Gasteiger partial charge on any atom is -0.508 e. The molecule has 2 aromatic carbocycles. The molecule has 26 heavy (non-hydrogen) atoms. The second kappa shape index (κ2) is 8.89. The molecule has 0 saturated heterocycles. The Bertz CT molecular complexity index is 738. The first-order chi connectivity index (χ1) is 12.4. The van der Waals surface area contributed by atoms with E-state index in [1.807, 2.05) is 13.8 Å². The van der Waals surface area contributed by atoms with Gasteiger partial charge >= 0.3 is 5.97 Å². The molecule has 0 aliphatic carbocycles. The molecule has 138 valence electrons. The number of aromatic hydroxyl groups is 1. The second-order valence-corrected chi connectivity index (χ2v) is 6.11. The van der Waals surface area contributed by atoms with E-state index in [4.69, 9.17) is 9.47 Å². The molecule has 6 heteroatoms. The van der Waals surface area contributed by atoms with Crippen molar-refractivity contribution in [3.63, 3.8) is 0 Å². The van der Waals surface area contributed by atoms with E-state index in [1.165, 1.54) is 19.2 Å². The van der Waals surface area contributed by atoms with Crippen molar-refractivity contribution in [2.75, 3.05) is 7.11 Å². The highest BCUT2D eigenvalue weighted by molar-refractivity contribution is 5.96. The third kappa shape index (κ3) is 5.51. The van der Waals surface area contributed by atoms with Crippen LogP contribution in [0.4, 0.5) is 0 Å². The van der Waals surface area contributed by atoms with Crippen LogP contribution in [0, 0.1) is 0 Å². The van der Waals surface area contributed by atoms with E-state index in [2.05, 4.69) is 5.32 Å². The maximum Gasteiger partial charge on any atom is 0.328 e. The number of ether oxygens (including phenoxy) is 2. The van der Waals surface area contributed by atoms with Crippen LogP contribution in [0.2, 0.25) is 0 Å². The smallest absolute Gasteiger partial charge is 0.328 e. The van der Waals surface area contributed by atoms with Gasteiger partial charge in [0.25, 0.3) is 5.91 Å². The van der Waals surface area contributed by atoms with E-state index in [9.17, 15) is 14.7 Å². The normalized spacial score (nSPS) is 11.7. The van der Waals surface area contributed by atoms with E-state index in [-0.39, 0.29) is 24.2 Å². The quantitative estimate of drug-likeness (QED) is 0.744. The van der Waals surface area contributed by atoms with Gasteiger partial charge in [0.15, 0.2) is 0 Å². The van der Waals surface area contributed by atoms with Crippen molar-refractivity contribution in [3.05, 3.63) is 59.7 Å². The molecule has 0 aliphatic rings. The Morgan fingerprint density at radius 2 is 1.65 bits per heavy atom. The standard InChI is InChI=1S/C20H23NO5/c1-13(2)26-17-10-6-15(7-11-17)19(23)21-18(20(24)25-3)12-14-4-8-16(22)9-5-14/h4-11,13,18,22H,12H2,1-3H3,(H,21,23). The summed E-state index contributed by atoms with van der Waals surface area (Å²) in [5.41, 5.74) is 1.21. The van der Waals surface area contributed by atoms with Gasteiger partial charge in [0, 0.05) is 12.0 Å². The van der Waals surface area contributed by atoms with E-state index < -0.39 is 12.0 Å². The molecule has 2 aromatic rings. The van der Waals surface area contributed by atoms with Crippen molar-refractivity contribution in [2.24, 2.45) is 0 Å². The van der Waals surface area contributed by atoms with Crippen LogP contribution in [-0.4, -0.2) is 36.2 Å². The average Bonchev–Trinajstić information content (AvgIpc) is 2.62. The fourth-order valence-corrected chi connectivity index (χ4v) is 2.40. The van der Waals surface area contributed by atoms with E-state index in [0.717, 1.165) is 5.56 Å². The summed E-state index contributed by atoms with van der Waals surface area (Å²) in [6, 6.07) is 12.3. The van der Waals surface area contributed by atoms with Crippen LogP contribution in [0.15, 0.2) is 48.5 Å². The molecule has 1 amide bonds. The van der Waals surface area contributed by atoms with E-state index >= 15 is 0 Å². The lowest BCUT2D eigenvalue weighted by molar-refractivity contribution is -0.142. The molecule has 2 N–H and O–H groups in total. The highest BCUT2D eigenvalue weighted by Gasteiger charge is 2.22. The summed E-state index contributed by atoms with van der Waals surface area (Å²) in [5.74, 6) is -0.109. The van der Waals surface area contributed by atoms with Crippen molar-refractivity contribution in [2.45, 2.75) is 32.4 Å². The molecular weight excluding hydrogens is 334 g/mol. The number of esters is 1. The zero-order valence-corrected chi connectivity index (χ0v) is 15.1. The number of phenolic OH excluding ortho intramolecular Hbond substituents is 1. The minimum atomic E-state index is -0.830. The van der Waals surface area contributed by atoms with E-state index in [0.29, 0.717) is 11.3 Å². The lowest BCUT2D eigenvalue weighted by Gasteiger charge is -2.17. The summed E-state index contributed by atoms with van der Waals surface area (Å²) < 4.78 is 10.3. The molecule has 1 unspecified atom stereocenters. The number of hydrogen-bond donors (Lipinski definition) is 2. The molecule has 1 atom stereocenters. The molecule has 0 heterocycles. The van der Waals surface area contributed by atoms with Crippen LogP contribution in [0.25, 0.3) is 0 Å². The van der Waals surface area contributed by atoms with Crippen molar-refractivity contribution in [3.8, 4) is 11.5 Å². The Labute approximate surface area is 152 Å².